The number of aliphatic carboxylic acids is 2. The van der Waals surface area contributed by atoms with E-state index in [4.69, 9.17) is 27.5 Å². The molecule has 2 rings (SSSR count). The van der Waals surface area contributed by atoms with E-state index in [0.29, 0.717) is 23.8 Å². The van der Waals surface area contributed by atoms with Gasteiger partial charge in [-0.15, -0.1) is 0 Å². The van der Waals surface area contributed by atoms with Crippen LogP contribution >= 0.6 is 11.6 Å². The third-order valence-electron chi connectivity index (χ3n) is 2.52. The van der Waals surface area contributed by atoms with E-state index in [9.17, 15) is 14.7 Å². The van der Waals surface area contributed by atoms with Crippen LogP contribution in [0.15, 0.2) is 30.4 Å². The fourth-order valence-electron chi connectivity index (χ4n) is 1.68. The summed E-state index contributed by atoms with van der Waals surface area (Å²) in [4.78, 5) is 19.1. The summed E-state index contributed by atoms with van der Waals surface area (Å²) in [6.07, 6.45) is 1.12. The Hall–Kier alpha value is -2.58. The number of fused-ring (bicyclic) bond motifs is 1. The number of halogens is 1. The van der Waals surface area contributed by atoms with Crippen molar-refractivity contribution in [1.82, 2.24) is 9.78 Å². The average molecular weight is 342 g/mol. The van der Waals surface area contributed by atoms with Crippen LogP contribution in [0, 0.1) is 0 Å². The SMILES string of the molecule is CC(N)Cn1nc(Cl)c2ccc(O)cc21.O=C(O)/C=C/C(=O)O. The zero-order valence-electron chi connectivity index (χ0n) is 12.2. The predicted molar refractivity (Wildman–Crippen MR) is 84.5 cm³/mol. The van der Waals surface area contributed by atoms with Crippen LogP contribution in [-0.4, -0.2) is 43.1 Å². The fourth-order valence-corrected chi connectivity index (χ4v) is 1.93. The van der Waals surface area contributed by atoms with Crippen LogP contribution in [-0.2, 0) is 16.1 Å². The molecule has 0 aliphatic carbocycles. The van der Waals surface area contributed by atoms with Crippen molar-refractivity contribution in [2.75, 3.05) is 0 Å². The van der Waals surface area contributed by atoms with E-state index < -0.39 is 11.9 Å². The molecule has 0 saturated heterocycles. The zero-order valence-corrected chi connectivity index (χ0v) is 12.9. The highest BCUT2D eigenvalue weighted by atomic mass is 35.5. The van der Waals surface area contributed by atoms with Gasteiger partial charge in [-0.2, -0.15) is 5.10 Å². The lowest BCUT2D eigenvalue weighted by molar-refractivity contribution is -0.134. The number of hydrogen-bond donors (Lipinski definition) is 4. The quantitative estimate of drug-likeness (QED) is 0.617. The van der Waals surface area contributed by atoms with E-state index in [0.717, 1.165) is 10.9 Å². The van der Waals surface area contributed by atoms with Gasteiger partial charge in [-0.1, -0.05) is 11.6 Å². The number of phenolic OH excluding ortho intramolecular Hbond substituents is 1. The van der Waals surface area contributed by atoms with Gasteiger partial charge in [0.1, 0.15) is 5.75 Å². The third kappa shape index (κ3) is 5.97. The third-order valence-corrected chi connectivity index (χ3v) is 2.80. The lowest BCUT2D eigenvalue weighted by atomic mass is 10.2. The molecule has 1 aromatic carbocycles. The van der Waals surface area contributed by atoms with Crippen molar-refractivity contribution in [2.45, 2.75) is 19.5 Å². The number of carboxylic acid groups (broad SMARTS) is 2. The molecule has 9 heteroatoms. The number of nitrogens with zero attached hydrogens (tertiary/aromatic N) is 2. The number of rotatable bonds is 4. The Morgan fingerprint density at radius 2 is 1.91 bits per heavy atom. The molecule has 8 nitrogen and oxygen atoms in total. The Kier molecular flexibility index (Phi) is 6.55. The molecule has 1 heterocycles. The van der Waals surface area contributed by atoms with E-state index in [1.165, 1.54) is 0 Å². The van der Waals surface area contributed by atoms with Crippen molar-refractivity contribution >= 4 is 34.4 Å². The Morgan fingerprint density at radius 3 is 2.39 bits per heavy atom. The van der Waals surface area contributed by atoms with Gasteiger partial charge in [0, 0.05) is 29.6 Å². The number of aromatic hydroxyl groups is 1. The molecule has 0 saturated carbocycles. The minimum absolute atomic E-state index is 0.00786. The van der Waals surface area contributed by atoms with Gasteiger partial charge in [0.2, 0.25) is 0 Å². The van der Waals surface area contributed by atoms with Gasteiger partial charge < -0.3 is 21.1 Å². The maximum Gasteiger partial charge on any atom is 0.328 e. The Balaban J connectivity index is 0.000000284. The monoisotopic (exact) mass is 341 g/mol. The van der Waals surface area contributed by atoms with E-state index in [1.807, 2.05) is 6.92 Å². The molecule has 2 aromatic rings. The molecule has 0 fully saturated rings. The maximum atomic E-state index is 9.55. The second kappa shape index (κ2) is 8.16. The van der Waals surface area contributed by atoms with E-state index in [1.54, 1.807) is 22.9 Å². The molecular formula is C14H16ClN3O5. The van der Waals surface area contributed by atoms with Crippen LogP contribution < -0.4 is 5.73 Å². The number of carbonyl (C=O) groups is 2. The lowest BCUT2D eigenvalue weighted by Crippen LogP contribution is -2.22. The van der Waals surface area contributed by atoms with E-state index in [-0.39, 0.29) is 11.8 Å². The first kappa shape index (κ1) is 18.5. The largest absolute Gasteiger partial charge is 0.508 e. The maximum absolute atomic E-state index is 9.55. The molecule has 1 unspecified atom stereocenters. The summed E-state index contributed by atoms with van der Waals surface area (Å²) in [6, 6.07) is 4.96. The summed E-state index contributed by atoms with van der Waals surface area (Å²) >= 11 is 5.96. The summed E-state index contributed by atoms with van der Waals surface area (Å²) in [6.45, 7) is 2.47. The van der Waals surface area contributed by atoms with Crippen LogP contribution in [0.1, 0.15) is 6.92 Å². The van der Waals surface area contributed by atoms with E-state index in [2.05, 4.69) is 5.10 Å². The van der Waals surface area contributed by atoms with Crippen molar-refractivity contribution < 1.29 is 24.9 Å². The van der Waals surface area contributed by atoms with Gasteiger partial charge in [0.15, 0.2) is 5.15 Å². The van der Waals surface area contributed by atoms with Crippen molar-refractivity contribution in [3.8, 4) is 5.75 Å². The highest BCUT2D eigenvalue weighted by molar-refractivity contribution is 6.34. The van der Waals surface area contributed by atoms with Gasteiger partial charge in [-0.05, 0) is 19.1 Å². The first-order valence-corrected chi connectivity index (χ1v) is 6.83. The van der Waals surface area contributed by atoms with Gasteiger partial charge in [0.25, 0.3) is 0 Å². The molecule has 0 aliphatic heterocycles. The summed E-state index contributed by atoms with van der Waals surface area (Å²) in [7, 11) is 0. The number of phenols is 1. The van der Waals surface area contributed by atoms with Crippen LogP contribution in [0.2, 0.25) is 5.15 Å². The fraction of sp³-hybridized carbons (Fsp3) is 0.214. The minimum Gasteiger partial charge on any atom is -0.508 e. The van der Waals surface area contributed by atoms with Crippen molar-refractivity contribution in [2.24, 2.45) is 5.73 Å². The van der Waals surface area contributed by atoms with Crippen LogP contribution in [0.5, 0.6) is 5.75 Å². The summed E-state index contributed by atoms with van der Waals surface area (Å²) in [5.41, 5.74) is 6.50. The number of benzene rings is 1. The van der Waals surface area contributed by atoms with Gasteiger partial charge >= 0.3 is 11.9 Å². The van der Waals surface area contributed by atoms with Crippen LogP contribution in [0.4, 0.5) is 0 Å². The molecule has 1 aromatic heterocycles. The topological polar surface area (TPSA) is 139 Å². The molecule has 1 atom stereocenters. The smallest absolute Gasteiger partial charge is 0.328 e. The highest BCUT2D eigenvalue weighted by Crippen LogP contribution is 2.26. The molecule has 5 N–H and O–H groups in total. The number of aromatic nitrogens is 2. The van der Waals surface area contributed by atoms with Gasteiger partial charge in [0.05, 0.1) is 12.1 Å². The second-order valence-electron chi connectivity index (χ2n) is 4.66. The molecule has 0 amide bonds. The van der Waals surface area contributed by atoms with E-state index >= 15 is 0 Å². The highest BCUT2D eigenvalue weighted by Gasteiger charge is 2.10. The summed E-state index contributed by atoms with van der Waals surface area (Å²) in [5.74, 6) is -2.32. The van der Waals surface area contributed by atoms with Crippen molar-refractivity contribution in [1.29, 1.82) is 0 Å². The number of carboxylic acids is 2. The lowest BCUT2D eigenvalue weighted by Gasteiger charge is -2.06. The number of hydrogen-bond acceptors (Lipinski definition) is 5. The molecule has 23 heavy (non-hydrogen) atoms. The van der Waals surface area contributed by atoms with Crippen LogP contribution in [0.25, 0.3) is 10.9 Å². The zero-order chi connectivity index (χ0) is 17.6. The standard InChI is InChI=1S/C10H12ClN3O.C4H4O4/c1-6(12)5-14-9-4-7(15)2-3-8(9)10(11)13-14;5-3(6)1-2-4(7)8/h2-4,6,15H,5,12H2,1H3;1-2H,(H,5,6)(H,7,8)/b;2-1+. The Bertz CT molecular complexity index is 723. The summed E-state index contributed by atoms with van der Waals surface area (Å²) in [5, 5.41) is 30.4. The molecule has 0 radical (unpaired) electrons. The van der Waals surface area contributed by atoms with Gasteiger partial charge in [-0.3, -0.25) is 4.68 Å². The Labute approximate surface area is 136 Å². The average Bonchev–Trinajstić information content (AvgIpc) is 2.72. The molecule has 0 bridgehead atoms. The van der Waals surface area contributed by atoms with Crippen molar-refractivity contribution in [3.05, 3.63) is 35.5 Å². The Morgan fingerprint density at radius 1 is 1.35 bits per heavy atom. The summed E-state index contributed by atoms with van der Waals surface area (Å²) < 4.78 is 1.71. The number of nitrogens with two attached hydrogens (primary N) is 1. The molecule has 0 aliphatic rings. The normalized spacial score (nSPS) is 12.0. The minimum atomic E-state index is -1.26. The first-order chi connectivity index (χ1) is 10.7. The second-order valence-corrected chi connectivity index (χ2v) is 5.02. The first-order valence-electron chi connectivity index (χ1n) is 6.45. The predicted octanol–water partition coefficient (Wildman–Crippen LogP) is 1.45. The van der Waals surface area contributed by atoms with Crippen LogP contribution in [0.3, 0.4) is 0 Å². The molecule has 0 spiro atoms. The van der Waals surface area contributed by atoms with Crippen molar-refractivity contribution in [3.63, 3.8) is 0 Å². The molecular weight excluding hydrogens is 326 g/mol. The van der Waals surface area contributed by atoms with Gasteiger partial charge in [-0.25, -0.2) is 9.59 Å². The molecule has 124 valence electrons.